The van der Waals surface area contributed by atoms with Crippen LogP contribution in [0.1, 0.15) is 34.7 Å². The molecule has 1 amide bonds. The first-order valence-corrected chi connectivity index (χ1v) is 12.1. The third kappa shape index (κ3) is 6.03. The monoisotopic (exact) mass is 500 g/mol. The SMILES string of the molecule is Cc1ccc(S(=O)(=O)N[C@@H](CC(=O)Nc2c(C)cc(Br)cc2C)c2ccccc2)cc1. The number of sulfonamides is 1. The van der Waals surface area contributed by atoms with Gasteiger partial charge in [-0.2, -0.15) is 0 Å². The van der Waals surface area contributed by atoms with E-state index < -0.39 is 16.1 Å². The van der Waals surface area contributed by atoms with Gasteiger partial charge in [0.25, 0.3) is 0 Å². The van der Waals surface area contributed by atoms with E-state index in [1.807, 2.05) is 63.2 Å². The van der Waals surface area contributed by atoms with Crippen molar-refractivity contribution in [3.8, 4) is 0 Å². The second-order valence-corrected chi connectivity index (χ2v) is 10.2. The molecule has 162 valence electrons. The molecule has 2 N–H and O–H groups in total. The third-order valence-electron chi connectivity index (χ3n) is 4.98. The molecule has 0 radical (unpaired) electrons. The van der Waals surface area contributed by atoms with Crippen molar-refractivity contribution < 1.29 is 13.2 Å². The van der Waals surface area contributed by atoms with Gasteiger partial charge in [-0.05, 0) is 61.7 Å². The molecule has 7 heteroatoms. The number of halogens is 1. The largest absolute Gasteiger partial charge is 0.326 e. The molecule has 3 aromatic rings. The van der Waals surface area contributed by atoms with Crippen molar-refractivity contribution in [2.45, 2.75) is 38.1 Å². The van der Waals surface area contributed by atoms with Crippen molar-refractivity contribution in [1.29, 1.82) is 0 Å². The minimum absolute atomic E-state index is 0.0377. The van der Waals surface area contributed by atoms with E-state index in [-0.39, 0.29) is 17.2 Å². The normalized spacial score (nSPS) is 12.4. The van der Waals surface area contributed by atoms with Gasteiger partial charge in [-0.25, -0.2) is 13.1 Å². The summed E-state index contributed by atoms with van der Waals surface area (Å²) in [5, 5.41) is 2.94. The maximum Gasteiger partial charge on any atom is 0.241 e. The molecule has 0 aromatic heterocycles. The number of benzene rings is 3. The highest BCUT2D eigenvalue weighted by atomic mass is 79.9. The van der Waals surface area contributed by atoms with Crippen LogP contribution in [0, 0.1) is 20.8 Å². The topological polar surface area (TPSA) is 75.3 Å². The van der Waals surface area contributed by atoms with E-state index in [1.165, 1.54) is 0 Å². The van der Waals surface area contributed by atoms with Crippen molar-refractivity contribution >= 4 is 37.5 Å². The summed E-state index contributed by atoms with van der Waals surface area (Å²) in [5.74, 6) is -0.269. The zero-order valence-electron chi connectivity index (χ0n) is 17.6. The van der Waals surface area contributed by atoms with Crippen molar-refractivity contribution in [3.05, 3.63) is 93.5 Å². The molecule has 31 heavy (non-hydrogen) atoms. The molecule has 0 bridgehead atoms. The summed E-state index contributed by atoms with van der Waals surface area (Å²) in [6.07, 6.45) is -0.0377. The van der Waals surface area contributed by atoms with Crippen LogP contribution in [0.3, 0.4) is 0 Å². The van der Waals surface area contributed by atoms with E-state index in [1.54, 1.807) is 24.3 Å². The minimum Gasteiger partial charge on any atom is -0.326 e. The highest BCUT2D eigenvalue weighted by Gasteiger charge is 2.24. The molecular weight excluding hydrogens is 476 g/mol. The molecule has 0 heterocycles. The first-order chi connectivity index (χ1) is 14.7. The summed E-state index contributed by atoms with van der Waals surface area (Å²) in [6.45, 7) is 5.73. The van der Waals surface area contributed by atoms with Crippen LogP contribution >= 0.6 is 15.9 Å². The molecule has 0 saturated heterocycles. The van der Waals surface area contributed by atoms with Gasteiger partial charge in [-0.3, -0.25) is 4.79 Å². The average molecular weight is 501 g/mol. The van der Waals surface area contributed by atoms with E-state index in [0.717, 1.165) is 32.4 Å². The quantitative estimate of drug-likeness (QED) is 0.454. The summed E-state index contributed by atoms with van der Waals surface area (Å²) < 4.78 is 29.6. The van der Waals surface area contributed by atoms with Gasteiger partial charge in [0.2, 0.25) is 15.9 Å². The van der Waals surface area contributed by atoms with Gasteiger partial charge in [-0.15, -0.1) is 0 Å². The van der Waals surface area contributed by atoms with Crippen LogP contribution in [-0.4, -0.2) is 14.3 Å². The van der Waals surface area contributed by atoms with Gasteiger partial charge >= 0.3 is 0 Å². The number of anilines is 1. The summed E-state index contributed by atoms with van der Waals surface area (Å²) >= 11 is 3.45. The number of hydrogen-bond donors (Lipinski definition) is 2. The number of aryl methyl sites for hydroxylation is 3. The lowest BCUT2D eigenvalue weighted by molar-refractivity contribution is -0.116. The smallest absolute Gasteiger partial charge is 0.241 e. The van der Waals surface area contributed by atoms with Gasteiger partial charge in [0.15, 0.2) is 0 Å². The third-order valence-corrected chi connectivity index (χ3v) is 6.93. The summed E-state index contributed by atoms with van der Waals surface area (Å²) in [4.78, 5) is 13.1. The second-order valence-electron chi connectivity index (χ2n) is 7.56. The lowest BCUT2D eigenvalue weighted by atomic mass is 10.0. The molecule has 5 nitrogen and oxygen atoms in total. The first kappa shape index (κ1) is 23.2. The molecular formula is C24H25BrN2O3S. The first-order valence-electron chi connectivity index (χ1n) is 9.86. The number of rotatable bonds is 7. The number of nitrogens with one attached hydrogen (secondary N) is 2. The van der Waals surface area contributed by atoms with Crippen LogP contribution in [0.5, 0.6) is 0 Å². The molecule has 3 rings (SSSR count). The number of hydrogen-bond acceptors (Lipinski definition) is 3. The zero-order valence-corrected chi connectivity index (χ0v) is 20.0. The zero-order chi connectivity index (χ0) is 22.6. The molecule has 0 unspecified atom stereocenters. The predicted octanol–water partition coefficient (Wildman–Crippen LogP) is 5.42. The van der Waals surface area contributed by atoms with Crippen LogP contribution in [0.15, 0.2) is 76.1 Å². The van der Waals surface area contributed by atoms with E-state index >= 15 is 0 Å². The predicted molar refractivity (Wildman–Crippen MR) is 128 cm³/mol. The van der Waals surface area contributed by atoms with Crippen LogP contribution in [0.25, 0.3) is 0 Å². The Kier molecular flexibility index (Phi) is 7.30. The Balaban J connectivity index is 1.85. The van der Waals surface area contributed by atoms with Crippen LogP contribution in [0.2, 0.25) is 0 Å². The van der Waals surface area contributed by atoms with Gasteiger partial charge in [0.05, 0.1) is 10.9 Å². The summed E-state index contributed by atoms with van der Waals surface area (Å²) in [5.41, 5.74) is 4.28. The molecule has 0 spiro atoms. The Morgan fingerprint density at radius 3 is 2.10 bits per heavy atom. The maximum absolute atomic E-state index is 13.0. The highest BCUT2D eigenvalue weighted by molar-refractivity contribution is 9.10. The lowest BCUT2D eigenvalue weighted by Crippen LogP contribution is -2.31. The second kappa shape index (κ2) is 9.77. The lowest BCUT2D eigenvalue weighted by Gasteiger charge is -2.20. The summed E-state index contributed by atoms with van der Waals surface area (Å²) in [6, 6.07) is 18.9. The molecule has 0 aliphatic heterocycles. The Morgan fingerprint density at radius 2 is 1.52 bits per heavy atom. The Hall–Kier alpha value is -2.48. The van der Waals surface area contributed by atoms with Gasteiger partial charge < -0.3 is 5.32 Å². The van der Waals surface area contributed by atoms with Gasteiger partial charge in [0, 0.05) is 16.6 Å². The molecule has 0 fully saturated rings. The van der Waals surface area contributed by atoms with Crippen molar-refractivity contribution in [2.24, 2.45) is 0 Å². The van der Waals surface area contributed by atoms with Crippen LogP contribution in [0.4, 0.5) is 5.69 Å². The van der Waals surface area contributed by atoms with Crippen molar-refractivity contribution in [3.63, 3.8) is 0 Å². The fraction of sp³-hybridized carbons (Fsp3) is 0.208. The Morgan fingerprint density at radius 1 is 0.935 bits per heavy atom. The summed E-state index contributed by atoms with van der Waals surface area (Å²) in [7, 11) is -3.80. The van der Waals surface area contributed by atoms with Gasteiger partial charge in [0.1, 0.15) is 0 Å². The molecule has 0 saturated carbocycles. The average Bonchev–Trinajstić information content (AvgIpc) is 2.71. The van der Waals surface area contributed by atoms with Gasteiger partial charge in [-0.1, -0.05) is 64.0 Å². The molecule has 3 aromatic carbocycles. The Bertz CT molecular complexity index is 1150. The van der Waals surface area contributed by atoms with E-state index in [0.29, 0.717) is 0 Å². The minimum atomic E-state index is -3.80. The molecule has 0 aliphatic carbocycles. The number of carbonyl (C=O) groups excluding carboxylic acids is 1. The Labute approximate surface area is 192 Å². The number of carbonyl (C=O) groups is 1. The van der Waals surface area contributed by atoms with Crippen molar-refractivity contribution in [1.82, 2.24) is 4.72 Å². The van der Waals surface area contributed by atoms with Crippen LogP contribution in [-0.2, 0) is 14.8 Å². The fourth-order valence-corrected chi connectivity index (χ4v) is 5.28. The molecule has 0 aliphatic rings. The highest BCUT2D eigenvalue weighted by Crippen LogP contribution is 2.27. The fourth-order valence-electron chi connectivity index (χ4n) is 3.37. The van der Waals surface area contributed by atoms with Crippen molar-refractivity contribution in [2.75, 3.05) is 5.32 Å². The van der Waals surface area contributed by atoms with E-state index in [2.05, 4.69) is 26.0 Å². The standard InChI is InChI=1S/C24H25BrN2O3S/c1-16-9-11-21(12-10-16)31(29,30)27-22(19-7-5-4-6-8-19)15-23(28)26-24-17(2)13-20(25)14-18(24)3/h4-14,22,27H,15H2,1-3H3,(H,26,28)/t22-/m0/s1. The van der Waals surface area contributed by atoms with E-state index in [9.17, 15) is 13.2 Å². The van der Waals surface area contributed by atoms with Crippen LogP contribution < -0.4 is 10.0 Å². The molecule has 1 atom stereocenters. The maximum atomic E-state index is 13.0. The number of amides is 1. The van der Waals surface area contributed by atoms with E-state index in [4.69, 9.17) is 0 Å².